The molecular formula is C34H35N9O. The van der Waals surface area contributed by atoms with Crippen LogP contribution in [0.15, 0.2) is 71.6 Å². The quantitative estimate of drug-likeness (QED) is 0.118. The van der Waals surface area contributed by atoms with E-state index in [1.54, 1.807) is 10.9 Å². The number of primary amides is 1. The van der Waals surface area contributed by atoms with E-state index in [9.17, 15) is 4.79 Å². The van der Waals surface area contributed by atoms with Crippen LogP contribution in [0.4, 0.5) is 11.4 Å². The number of nitrogens with zero attached hydrogens (tertiary/aromatic N) is 6. The lowest BCUT2D eigenvalue weighted by Gasteiger charge is -2.11. The molecule has 7 rings (SSSR count). The summed E-state index contributed by atoms with van der Waals surface area (Å²) in [5, 5.41) is 8.66. The fourth-order valence-electron chi connectivity index (χ4n) is 5.75. The van der Waals surface area contributed by atoms with Crippen molar-refractivity contribution in [3.8, 4) is 22.6 Å². The van der Waals surface area contributed by atoms with Crippen LogP contribution in [0.25, 0.3) is 33.7 Å². The van der Waals surface area contributed by atoms with Crippen LogP contribution in [0.1, 0.15) is 60.0 Å². The van der Waals surface area contributed by atoms with E-state index < -0.39 is 5.91 Å². The summed E-state index contributed by atoms with van der Waals surface area (Å²) in [6.45, 7) is 2.02. The Morgan fingerprint density at radius 2 is 1.77 bits per heavy atom. The summed E-state index contributed by atoms with van der Waals surface area (Å²) >= 11 is 0. The van der Waals surface area contributed by atoms with Crippen LogP contribution in [-0.2, 0) is 18.9 Å². The van der Waals surface area contributed by atoms with E-state index in [2.05, 4.69) is 33.1 Å². The maximum atomic E-state index is 12.3. The average molecular weight is 586 g/mol. The van der Waals surface area contributed by atoms with Gasteiger partial charge in [0.15, 0.2) is 5.65 Å². The van der Waals surface area contributed by atoms with Gasteiger partial charge in [-0.1, -0.05) is 29.8 Å². The van der Waals surface area contributed by atoms with Gasteiger partial charge in [-0.05, 0) is 56.9 Å². The van der Waals surface area contributed by atoms with Gasteiger partial charge in [-0.15, -0.1) is 0 Å². The van der Waals surface area contributed by atoms with E-state index in [0.29, 0.717) is 23.1 Å². The van der Waals surface area contributed by atoms with Gasteiger partial charge in [0.05, 0.1) is 11.4 Å². The van der Waals surface area contributed by atoms with Crippen LogP contribution in [0.2, 0.25) is 0 Å². The molecule has 3 heterocycles. The standard InChI is InChI=1S/C34H35N9O/c1-19-7-13-23(14-8-19)37-17-28(32(36)44)38-16-26-24(5-4-6-27(26)35)30-31(21-11-12-21)43(3)34(40-30)25-15-22-18-42(2)41-33(22)39-29(25)20-9-10-20/h4-8,13-18,20-21,37H,9-12,35H2,1-3H3,(H2,36,44)/b28-17+,38-16?. The smallest absolute Gasteiger partial charge is 0.268 e. The number of fused-ring (bicyclic) bond motifs is 1. The minimum atomic E-state index is -0.651. The highest BCUT2D eigenvalue weighted by atomic mass is 16.1. The molecule has 0 atom stereocenters. The third-order valence-corrected chi connectivity index (χ3v) is 8.35. The fourth-order valence-corrected chi connectivity index (χ4v) is 5.75. The summed E-state index contributed by atoms with van der Waals surface area (Å²) < 4.78 is 4.03. The van der Waals surface area contributed by atoms with E-state index in [1.165, 1.54) is 11.9 Å². The fraction of sp³-hybridized carbons (Fsp3) is 0.265. The predicted molar refractivity (Wildman–Crippen MR) is 174 cm³/mol. The van der Waals surface area contributed by atoms with Crippen LogP contribution in [0, 0.1) is 6.92 Å². The molecule has 10 nitrogen and oxygen atoms in total. The minimum Gasteiger partial charge on any atom is -0.398 e. The van der Waals surface area contributed by atoms with Crippen molar-refractivity contribution in [3.63, 3.8) is 0 Å². The van der Waals surface area contributed by atoms with Crippen molar-refractivity contribution in [1.82, 2.24) is 24.3 Å². The number of aryl methyl sites for hydroxylation is 2. The Hall–Kier alpha value is -5.25. The molecule has 0 spiro atoms. The number of amides is 1. The zero-order valence-corrected chi connectivity index (χ0v) is 25.1. The largest absolute Gasteiger partial charge is 0.398 e. The van der Waals surface area contributed by atoms with Gasteiger partial charge in [-0.25, -0.2) is 15.0 Å². The first kappa shape index (κ1) is 27.6. The molecule has 2 saturated carbocycles. The van der Waals surface area contributed by atoms with Crippen LogP contribution in [0.3, 0.4) is 0 Å². The van der Waals surface area contributed by atoms with E-state index in [1.807, 2.05) is 62.6 Å². The molecule has 1 amide bonds. The molecule has 44 heavy (non-hydrogen) atoms. The Kier molecular flexibility index (Phi) is 6.76. The van der Waals surface area contributed by atoms with Gasteiger partial charge in [0.2, 0.25) is 0 Å². The van der Waals surface area contributed by atoms with Crippen molar-refractivity contribution in [1.29, 1.82) is 0 Å². The molecule has 0 aliphatic heterocycles. The number of imidazole rings is 1. The highest BCUT2D eigenvalue weighted by Gasteiger charge is 2.35. The zero-order valence-electron chi connectivity index (χ0n) is 25.1. The number of carbonyl (C=O) groups is 1. The van der Waals surface area contributed by atoms with Crippen LogP contribution in [0.5, 0.6) is 0 Å². The molecule has 2 aromatic carbocycles. The van der Waals surface area contributed by atoms with E-state index >= 15 is 0 Å². The molecule has 3 aromatic heterocycles. The van der Waals surface area contributed by atoms with Gasteiger partial charge in [-0.3, -0.25) is 9.48 Å². The topological polar surface area (TPSA) is 142 Å². The number of benzene rings is 2. The van der Waals surface area contributed by atoms with Crippen molar-refractivity contribution in [2.75, 3.05) is 11.1 Å². The Labute approximate surface area is 255 Å². The van der Waals surface area contributed by atoms with Gasteiger partial charge in [0.25, 0.3) is 5.91 Å². The number of nitrogen functional groups attached to an aromatic ring is 1. The first-order chi connectivity index (χ1) is 21.3. The first-order valence-electron chi connectivity index (χ1n) is 14.9. The molecule has 5 aromatic rings. The Balaban J connectivity index is 1.32. The Morgan fingerprint density at radius 3 is 2.48 bits per heavy atom. The van der Waals surface area contributed by atoms with Crippen molar-refractivity contribution >= 4 is 34.5 Å². The zero-order chi connectivity index (χ0) is 30.5. The summed E-state index contributed by atoms with van der Waals surface area (Å²) in [5.74, 6) is 1.05. The number of aliphatic imine (C=N–C) groups is 1. The maximum Gasteiger partial charge on any atom is 0.268 e. The Morgan fingerprint density at radius 1 is 1.02 bits per heavy atom. The normalized spacial score (nSPS) is 15.4. The number of nitrogens with one attached hydrogen (secondary N) is 1. The van der Waals surface area contributed by atoms with Gasteiger partial charge in [-0.2, -0.15) is 5.10 Å². The van der Waals surface area contributed by atoms with Gasteiger partial charge >= 0.3 is 0 Å². The molecule has 0 unspecified atom stereocenters. The number of rotatable bonds is 9. The molecule has 2 aliphatic rings. The highest BCUT2D eigenvalue weighted by molar-refractivity contribution is 6.00. The number of hydrogen-bond donors (Lipinski definition) is 3. The van der Waals surface area contributed by atoms with E-state index in [-0.39, 0.29) is 5.70 Å². The predicted octanol–water partition coefficient (Wildman–Crippen LogP) is 5.54. The van der Waals surface area contributed by atoms with Gasteiger partial charge < -0.3 is 21.4 Å². The van der Waals surface area contributed by atoms with Crippen LogP contribution < -0.4 is 16.8 Å². The molecule has 5 N–H and O–H groups in total. The summed E-state index contributed by atoms with van der Waals surface area (Å²) in [6, 6.07) is 15.8. The highest BCUT2D eigenvalue weighted by Crippen LogP contribution is 2.48. The summed E-state index contributed by atoms with van der Waals surface area (Å²) in [6.07, 6.45) is 9.57. The lowest BCUT2D eigenvalue weighted by molar-refractivity contribution is -0.114. The molecule has 10 heteroatoms. The van der Waals surface area contributed by atoms with Crippen molar-refractivity contribution in [2.45, 2.75) is 44.4 Å². The second kappa shape index (κ2) is 10.8. The van der Waals surface area contributed by atoms with Gasteiger partial charge in [0, 0.05) is 83.7 Å². The lowest BCUT2D eigenvalue weighted by atomic mass is 10.0. The minimum absolute atomic E-state index is 0.0776. The third-order valence-electron chi connectivity index (χ3n) is 8.35. The molecule has 0 saturated heterocycles. The van der Waals surface area contributed by atoms with Crippen molar-refractivity contribution in [2.24, 2.45) is 24.8 Å². The second-order valence-corrected chi connectivity index (χ2v) is 11.9. The number of anilines is 2. The van der Waals surface area contributed by atoms with E-state index in [4.69, 9.17) is 21.4 Å². The first-order valence-corrected chi connectivity index (χ1v) is 14.9. The van der Waals surface area contributed by atoms with Crippen molar-refractivity contribution < 1.29 is 4.79 Å². The van der Waals surface area contributed by atoms with Crippen LogP contribution in [-0.4, -0.2) is 36.4 Å². The molecule has 0 bridgehead atoms. The number of nitrogens with two attached hydrogens (primary N) is 2. The lowest BCUT2D eigenvalue weighted by Crippen LogP contribution is -2.14. The SMILES string of the molecule is Cc1ccc(N/C=C(/N=Cc2c(N)cccc2-c2nc(-c3cc4cn(C)nc4nc3C3CC3)n(C)c2C2CC2)C(N)=O)cc1. The number of hydrogen-bond acceptors (Lipinski definition) is 7. The number of pyridine rings is 1. The number of carbonyl (C=O) groups excluding carboxylic acids is 1. The molecule has 2 aliphatic carbocycles. The number of aromatic nitrogens is 5. The Bertz CT molecular complexity index is 1970. The molecule has 0 radical (unpaired) electrons. The summed E-state index contributed by atoms with van der Waals surface area (Å²) in [4.78, 5) is 27.1. The van der Waals surface area contributed by atoms with Crippen molar-refractivity contribution in [3.05, 3.63) is 89.1 Å². The second-order valence-electron chi connectivity index (χ2n) is 11.9. The summed E-state index contributed by atoms with van der Waals surface area (Å²) in [5.41, 5.74) is 21.3. The van der Waals surface area contributed by atoms with Gasteiger partial charge in [0.1, 0.15) is 11.5 Å². The third kappa shape index (κ3) is 5.23. The molecule has 222 valence electrons. The van der Waals surface area contributed by atoms with E-state index in [0.717, 1.165) is 76.3 Å². The summed E-state index contributed by atoms with van der Waals surface area (Å²) in [7, 11) is 4.01. The molecule has 2 fully saturated rings. The maximum absolute atomic E-state index is 12.3. The van der Waals surface area contributed by atoms with Crippen LogP contribution >= 0.6 is 0 Å². The molecular weight excluding hydrogens is 550 g/mol. The average Bonchev–Trinajstić information content (AvgIpc) is 3.93. The monoisotopic (exact) mass is 585 g/mol.